The molecule has 17 heavy (non-hydrogen) atoms. The second-order valence-corrected chi connectivity index (χ2v) is 6.30. The van der Waals surface area contributed by atoms with E-state index in [1.807, 2.05) is 0 Å². The van der Waals surface area contributed by atoms with Gasteiger partial charge in [0.15, 0.2) is 0 Å². The molecular weight excluding hydrogens is 212 g/mol. The summed E-state index contributed by atoms with van der Waals surface area (Å²) in [5, 5.41) is 6.94. The van der Waals surface area contributed by atoms with Crippen molar-refractivity contribution in [2.24, 2.45) is 16.7 Å². The smallest absolute Gasteiger partial charge is 0.0587 e. The normalized spacial score (nSPS) is 21.7. The quantitative estimate of drug-likeness (QED) is 0.606. The lowest BCUT2D eigenvalue weighted by atomic mass is 10.0. The Morgan fingerprint density at radius 1 is 0.941 bits per heavy atom. The van der Waals surface area contributed by atoms with E-state index in [4.69, 9.17) is 4.74 Å². The first kappa shape index (κ1) is 14.9. The topological polar surface area (TPSA) is 33.3 Å². The molecule has 0 aromatic carbocycles. The molecule has 1 aliphatic carbocycles. The van der Waals surface area contributed by atoms with Gasteiger partial charge in [0.25, 0.3) is 0 Å². The minimum Gasteiger partial charge on any atom is -0.383 e. The van der Waals surface area contributed by atoms with Crippen LogP contribution >= 0.6 is 0 Å². The summed E-state index contributed by atoms with van der Waals surface area (Å²) in [6, 6.07) is 0. The third kappa shape index (κ3) is 3.67. The summed E-state index contributed by atoms with van der Waals surface area (Å²) < 4.78 is 4.98. The predicted molar refractivity (Wildman–Crippen MR) is 73.3 cm³/mol. The molecule has 0 bridgehead atoms. The van der Waals surface area contributed by atoms with Gasteiger partial charge in [0.1, 0.15) is 0 Å². The van der Waals surface area contributed by atoms with Gasteiger partial charge in [-0.15, -0.1) is 0 Å². The van der Waals surface area contributed by atoms with Crippen molar-refractivity contribution in [1.29, 1.82) is 0 Å². The van der Waals surface area contributed by atoms with Gasteiger partial charge in [-0.1, -0.05) is 27.7 Å². The Bertz CT molecular complexity index is 212. The molecule has 0 aromatic heterocycles. The minimum absolute atomic E-state index is 0.511. The summed E-state index contributed by atoms with van der Waals surface area (Å²) in [5.41, 5.74) is 1.02. The van der Waals surface area contributed by atoms with Crippen molar-refractivity contribution in [1.82, 2.24) is 10.6 Å². The first-order valence-electron chi connectivity index (χ1n) is 6.85. The van der Waals surface area contributed by atoms with Gasteiger partial charge in [-0.3, -0.25) is 0 Å². The van der Waals surface area contributed by atoms with E-state index in [1.54, 1.807) is 7.11 Å². The van der Waals surface area contributed by atoms with Crippen LogP contribution in [0.4, 0.5) is 0 Å². The SMILES string of the molecule is COCCNCCCNCC1C(C)(C)C1(C)C. The number of hydrogen-bond donors (Lipinski definition) is 2. The standard InChI is InChI=1S/C14H30N2O/c1-13(2)12(14(13,3)4)11-16-8-6-7-15-9-10-17-5/h12,15-16H,6-11H2,1-5H3. The highest BCUT2D eigenvalue weighted by atomic mass is 16.5. The highest BCUT2D eigenvalue weighted by Crippen LogP contribution is 2.67. The van der Waals surface area contributed by atoms with E-state index >= 15 is 0 Å². The van der Waals surface area contributed by atoms with E-state index in [9.17, 15) is 0 Å². The van der Waals surface area contributed by atoms with E-state index in [1.165, 1.54) is 6.42 Å². The lowest BCUT2D eigenvalue weighted by Gasteiger charge is -2.07. The molecule has 0 heterocycles. The largest absolute Gasteiger partial charge is 0.383 e. The Kier molecular flexibility index (Phi) is 5.42. The molecule has 0 aliphatic heterocycles. The molecule has 0 radical (unpaired) electrons. The molecule has 1 rings (SSSR count). The Hall–Kier alpha value is -0.120. The molecule has 0 amide bonds. The van der Waals surface area contributed by atoms with Crippen LogP contribution in [-0.2, 0) is 4.74 Å². The maximum absolute atomic E-state index is 4.98. The van der Waals surface area contributed by atoms with Gasteiger partial charge in [-0.25, -0.2) is 0 Å². The molecule has 1 aliphatic rings. The molecule has 102 valence electrons. The van der Waals surface area contributed by atoms with Crippen LogP contribution in [0, 0.1) is 16.7 Å². The third-order valence-electron chi connectivity index (χ3n) is 4.86. The van der Waals surface area contributed by atoms with Crippen molar-refractivity contribution in [3.05, 3.63) is 0 Å². The average molecular weight is 242 g/mol. The molecule has 1 fully saturated rings. The van der Waals surface area contributed by atoms with Gasteiger partial charge >= 0.3 is 0 Å². The molecular formula is C14H30N2O. The predicted octanol–water partition coefficient (Wildman–Crippen LogP) is 1.88. The van der Waals surface area contributed by atoms with E-state index in [-0.39, 0.29) is 0 Å². The summed E-state index contributed by atoms with van der Waals surface area (Å²) in [7, 11) is 1.74. The average Bonchev–Trinajstić information content (AvgIpc) is 2.64. The summed E-state index contributed by atoms with van der Waals surface area (Å²) in [4.78, 5) is 0. The zero-order valence-electron chi connectivity index (χ0n) is 12.2. The lowest BCUT2D eigenvalue weighted by Crippen LogP contribution is -2.26. The van der Waals surface area contributed by atoms with Crippen molar-refractivity contribution in [3.63, 3.8) is 0 Å². The fourth-order valence-corrected chi connectivity index (χ4v) is 2.73. The zero-order chi connectivity index (χ0) is 12.9. The molecule has 0 saturated heterocycles. The second-order valence-electron chi connectivity index (χ2n) is 6.30. The number of methoxy groups -OCH3 is 1. The summed E-state index contributed by atoms with van der Waals surface area (Å²) >= 11 is 0. The maximum Gasteiger partial charge on any atom is 0.0587 e. The second kappa shape index (κ2) is 6.17. The van der Waals surface area contributed by atoms with Gasteiger partial charge in [-0.05, 0) is 42.8 Å². The molecule has 0 unspecified atom stereocenters. The maximum atomic E-state index is 4.98. The van der Waals surface area contributed by atoms with Crippen molar-refractivity contribution in [2.45, 2.75) is 34.1 Å². The number of rotatable bonds is 9. The first-order valence-corrected chi connectivity index (χ1v) is 6.85. The number of ether oxygens (including phenoxy) is 1. The monoisotopic (exact) mass is 242 g/mol. The van der Waals surface area contributed by atoms with Crippen LogP contribution < -0.4 is 10.6 Å². The molecule has 0 aromatic rings. The molecule has 3 heteroatoms. The highest BCUT2D eigenvalue weighted by molar-refractivity contribution is 5.12. The van der Waals surface area contributed by atoms with Gasteiger partial charge in [0.2, 0.25) is 0 Å². The Labute approximate surface area is 107 Å². The van der Waals surface area contributed by atoms with Gasteiger partial charge < -0.3 is 15.4 Å². The summed E-state index contributed by atoms with van der Waals surface area (Å²) in [6.07, 6.45) is 1.19. The van der Waals surface area contributed by atoms with E-state index in [0.717, 1.165) is 38.7 Å². The Morgan fingerprint density at radius 2 is 1.53 bits per heavy atom. The Balaban J connectivity index is 1.93. The summed E-state index contributed by atoms with van der Waals surface area (Å²) in [6.45, 7) is 14.6. The van der Waals surface area contributed by atoms with Gasteiger partial charge in [0, 0.05) is 13.7 Å². The van der Waals surface area contributed by atoms with Crippen molar-refractivity contribution < 1.29 is 4.74 Å². The third-order valence-corrected chi connectivity index (χ3v) is 4.86. The molecule has 0 spiro atoms. The minimum atomic E-state index is 0.511. The first-order chi connectivity index (χ1) is 7.94. The lowest BCUT2D eigenvalue weighted by molar-refractivity contribution is 0.199. The molecule has 0 atom stereocenters. The van der Waals surface area contributed by atoms with Crippen LogP contribution in [0.1, 0.15) is 34.1 Å². The molecule has 2 N–H and O–H groups in total. The molecule has 1 saturated carbocycles. The van der Waals surface area contributed by atoms with E-state index in [2.05, 4.69) is 38.3 Å². The number of hydrogen-bond acceptors (Lipinski definition) is 3. The van der Waals surface area contributed by atoms with Crippen LogP contribution in [0.2, 0.25) is 0 Å². The number of nitrogens with one attached hydrogen (secondary N) is 2. The van der Waals surface area contributed by atoms with Crippen molar-refractivity contribution >= 4 is 0 Å². The van der Waals surface area contributed by atoms with Crippen LogP contribution in [0.25, 0.3) is 0 Å². The summed E-state index contributed by atoms with van der Waals surface area (Å²) in [5.74, 6) is 0.830. The van der Waals surface area contributed by atoms with E-state index in [0.29, 0.717) is 10.8 Å². The van der Waals surface area contributed by atoms with Gasteiger partial charge in [-0.2, -0.15) is 0 Å². The van der Waals surface area contributed by atoms with Crippen molar-refractivity contribution in [3.8, 4) is 0 Å². The van der Waals surface area contributed by atoms with Crippen LogP contribution in [0.3, 0.4) is 0 Å². The molecule has 3 nitrogen and oxygen atoms in total. The van der Waals surface area contributed by atoms with E-state index < -0.39 is 0 Å². The van der Waals surface area contributed by atoms with Crippen LogP contribution in [0.5, 0.6) is 0 Å². The van der Waals surface area contributed by atoms with Gasteiger partial charge in [0.05, 0.1) is 6.61 Å². The Morgan fingerprint density at radius 3 is 2.06 bits per heavy atom. The van der Waals surface area contributed by atoms with Crippen LogP contribution in [-0.4, -0.2) is 39.9 Å². The van der Waals surface area contributed by atoms with Crippen LogP contribution in [0.15, 0.2) is 0 Å². The fourth-order valence-electron chi connectivity index (χ4n) is 2.73. The zero-order valence-corrected chi connectivity index (χ0v) is 12.2. The fraction of sp³-hybridized carbons (Fsp3) is 1.00. The highest BCUT2D eigenvalue weighted by Gasteiger charge is 2.63. The van der Waals surface area contributed by atoms with Crippen molar-refractivity contribution in [2.75, 3.05) is 39.9 Å².